The number of amides is 2. The smallest absolute Gasteiger partial charge is 0.410 e. The maximum atomic E-state index is 13.7. The largest absolute Gasteiger partial charge is 0.450 e. The van der Waals surface area contributed by atoms with Crippen LogP contribution >= 0.6 is 11.3 Å². The second-order valence-electron chi connectivity index (χ2n) is 8.89. The average Bonchev–Trinajstić information content (AvgIpc) is 3.30. The first-order valence-electron chi connectivity index (χ1n) is 12.6. The summed E-state index contributed by atoms with van der Waals surface area (Å²) in [4.78, 5) is 33.5. The number of nitrogens with zero attached hydrogens (tertiary/aromatic N) is 2. The highest BCUT2D eigenvalue weighted by Crippen LogP contribution is 2.40. The van der Waals surface area contributed by atoms with Crippen molar-refractivity contribution in [3.05, 3.63) is 93.9 Å². The number of thiophene rings is 1. The third-order valence-corrected chi connectivity index (χ3v) is 7.67. The van der Waals surface area contributed by atoms with Crippen LogP contribution in [0.4, 0.5) is 15.5 Å². The highest BCUT2D eigenvalue weighted by Gasteiger charge is 2.30. The number of fused-ring (bicyclic) bond motifs is 2. The van der Waals surface area contributed by atoms with E-state index in [4.69, 9.17) is 9.73 Å². The van der Waals surface area contributed by atoms with Crippen LogP contribution in [0.15, 0.2) is 71.7 Å². The number of aryl methyl sites for hydroxylation is 1. The molecule has 188 valence electrons. The van der Waals surface area contributed by atoms with E-state index in [1.54, 1.807) is 18.0 Å². The molecular weight excluding hydrogens is 482 g/mol. The fourth-order valence-electron chi connectivity index (χ4n) is 4.58. The number of hydrogen-bond acceptors (Lipinski definition) is 5. The van der Waals surface area contributed by atoms with Gasteiger partial charge in [-0.3, -0.25) is 4.79 Å². The SMILES string of the molecule is CCOC(=O)N1CCc2c(sc(N=Cc3ccc(CC)cc3)c2C(=O)Nc2cccc3ccccc23)C1. The van der Waals surface area contributed by atoms with Crippen molar-refractivity contribution in [3.63, 3.8) is 0 Å². The Morgan fingerprint density at radius 3 is 2.62 bits per heavy atom. The van der Waals surface area contributed by atoms with Crippen molar-refractivity contribution in [1.29, 1.82) is 0 Å². The summed E-state index contributed by atoms with van der Waals surface area (Å²) in [6, 6.07) is 22.1. The summed E-state index contributed by atoms with van der Waals surface area (Å²) < 4.78 is 5.21. The number of anilines is 1. The monoisotopic (exact) mass is 511 g/mol. The molecule has 0 fully saturated rings. The van der Waals surface area contributed by atoms with Crippen LogP contribution in [0.5, 0.6) is 0 Å². The molecule has 5 rings (SSSR count). The van der Waals surface area contributed by atoms with Gasteiger partial charge in [0.1, 0.15) is 5.00 Å². The highest BCUT2D eigenvalue weighted by atomic mass is 32.1. The molecular formula is C30H29N3O3S. The summed E-state index contributed by atoms with van der Waals surface area (Å²) in [5.41, 5.74) is 4.53. The standard InChI is InChI=1S/C30H29N3O3S/c1-3-20-12-14-21(15-13-20)18-31-29-27(24-16-17-33(19-26(24)37-29)30(35)36-4-2)28(34)32-25-11-7-9-22-8-5-6-10-23(22)25/h5-15,18H,3-4,16-17,19H2,1-2H3,(H,32,34). The van der Waals surface area contributed by atoms with Gasteiger partial charge in [-0.2, -0.15) is 0 Å². The quantitative estimate of drug-likeness (QED) is 0.284. The van der Waals surface area contributed by atoms with Crippen LogP contribution in [-0.4, -0.2) is 36.3 Å². The number of ether oxygens (including phenoxy) is 1. The number of rotatable bonds is 6. The third-order valence-electron chi connectivity index (χ3n) is 6.55. The zero-order valence-electron chi connectivity index (χ0n) is 21.0. The molecule has 4 aromatic rings. The van der Waals surface area contributed by atoms with Gasteiger partial charge in [-0.25, -0.2) is 9.79 Å². The normalized spacial score (nSPS) is 13.1. The molecule has 3 aromatic carbocycles. The Morgan fingerprint density at radius 2 is 1.84 bits per heavy atom. The molecule has 7 heteroatoms. The topological polar surface area (TPSA) is 71.0 Å². The number of carbonyl (C=O) groups excluding carboxylic acids is 2. The second-order valence-corrected chi connectivity index (χ2v) is 9.97. The molecule has 0 saturated carbocycles. The average molecular weight is 512 g/mol. The van der Waals surface area contributed by atoms with Gasteiger partial charge in [-0.1, -0.05) is 67.6 Å². The summed E-state index contributed by atoms with van der Waals surface area (Å²) in [5, 5.41) is 5.83. The van der Waals surface area contributed by atoms with E-state index >= 15 is 0 Å². The van der Waals surface area contributed by atoms with Crippen LogP contribution in [0.1, 0.15) is 45.8 Å². The van der Waals surface area contributed by atoms with Gasteiger partial charge in [0.2, 0.25) is 0 Å². The van der Waals surface area contributed by atoms with E-state index in [0.717, 1.165) is 38.9 Å². The van der Waals surface area contributed by atoms with Crippen molar-refractivity contribution in [1.82, 2.24) is 4.90 Å². The molecule has 0 bridgehead atoms. The minimum absolute atomic E-state index is 0.188. The lowest BCUT2D eigenvalue weighted by atomic mass is 10.0. The molecule has 2 heterocycles. The Labute approximate surface area is 220 Å². The van der Waals surface area contributed by atoms with Crippen molar-refractivity contribution in [2.75, 3.05) is 18.5 Å². The van der Waals surface area contributed by atoms with Crippen LogP contribution in [0.3, 0.4) is 0 Å². The molecule has 0 spiro atoms. The molecule has 1 aliphatic heterocycles. The molecule has 0 aliphatic carbocycles. The molecule has 0 atom stereocenters. The predicted octanol–water partition coefficient (Wildman–Crippen LogP) is 6.98. The summed E-state index contributed by atoms with van der Waals surface area (Å²) in [5.74, 6) is -0.188. The van der Waals surface area contributed by atoms with Gasteiger partial charge < -0.3 is 15.0 Å². The molecule has 1 aromatic heterocycles. The Hall–Kier alpha value is -3.97. The Balaban J connectivity index is 1.50. The Bertz CT molecular complexity index is 1470. The van der Waals surface area contributed by atoms with Gasteiger partial charge in [0.05, 0.1) is 18.7 Å². The first-order valence-corrected chi connectivity index (χ1v) is 13.4. The van der Waals surface area contributed by atoms with Gasteiger partial charge in [0, 0.05) is 28.7 Å². The number of aliphatic imine (C=N–C) groups is 1. The van der Waals surface area contributed by atoms with E-state index in [1.165, 1.54) is 16.9 Å². The van der Waals surface area contributed by atoms with Crippen LogP contribution in [0, 0.1) is 0 Å². The Morgan fingerprint density at radius 1 is 1.05 bits per heavy atom. The molecule has 6 nitrogen and oxygen atoms in total. The minimum atomic E-state index is -0.329. The fourth-order valence-corrected chi connectivity index (χ4v) is 5.78. The van der Waals surface area contributed by atoms with E-state index in [0.29, 0.717) is 36.7 Å². The molecule has 1 N–H and O–H groups in total. The molecule has 37 heavy (non-hydrogen) atoms. The summed E-state index contributed by atoms with van der Waals surface area (Å²) in [7, 11) is 0. The fraction of sp³-hybridized carbons (Fsp3) is 0.233. The molecule has 2 amide bonds. The summed E-state index contributed by atoms with van der Waals surface area (Å²) >= 11 is 1.46. The number of carbonyl (C=O) groups is 2. The van der Waals surface area contributed by atoms with E-state index in [9.17, 15) is 9.59 Å². The summed E-state index contributed by atoms with van der Waals surface area (Å²) in [6.45, 7) is 5.16. The summed E-state index contributed by atoms with van der Waals surface area (Å²) in [6.07, 6.45) is 3.02. The van der Waals surface area contributed by atoms with E-state index in [1.807, 2.05) is 54.6 Å². The lowest BCUT2D eigenvalue weighted by molar-refractivity contribution is 0.102. The van der Waals surface area contributed by atoms with Crippen molar-refractivity contribution < 1.29 is 14.3 Å². The van der Waals surface area contributed by atoms with Gasteiger partial charge in [0.25, 0.3) is 5.91 Å². The zero-order chi connectivity index (χ0) is 25.8. The van der Waals surface area contributed by atoms with Gasteiger partial charge in [-0.15, -0.1) is 11.3 Å². The number of nitrogens with one attached hydrogen (secondary N) is 1. The van der Waals surface area contributed by atoms with Crippen molar-refractivity contribution in [3.8, 4) is 0 Å². The van der Waals surface area contributed by atoms with Gasteiger partial charge in [0.15, 0.2) is 0 Å². The van der Waals surface area contributed by atoms with E-state index < -0.39 is 0 Å². The third kappa shape index (κ3) is 5.27. The van der Waals surface area contributed by atoms with Crippen LogP contribution in [-0.2, 0) is 24.1 Å². The first-order chi connectivity index (χ1) is 18.1. The predicted molar refractivity (Wildman–Crippen MR) is 150 cm³/mol. The highest BCUT2D eigenvalue weighted by molar-refractivity contribution is 7.16. The van der Waals surface area contributed by atoms with E-state index in [-0.39, 0.29) is 12.0 Å². The lowest BCUT2D eigenvalue weighted by Gasteiger charge is -2.26. The number of hydrogen-bond donors (Lipinski definition) is 1. The van der Waals surface area contributed by atoms with Crippen LogP contribution in [0.2, 0.25) is 0 Å². The second kappa shape index (κ2) is 11.0. The van der Waals surface area contributed by atoms with Crippen molar-refractivity contribution >= 4 is 51.0 Å². The van der Waals surface area contributed by atoms with Gasteiger partial charge >= 0.3 is 6.09 Å². The molecule has 0 saturated heterocycles. The van der Waals surface area contributed by atoms with Gasteiger partial charge in [-0.05, 0) is 47.9 Å². The first kappa shape index (κ1) is 24.7. The van der Waals surface area contributed by atoms with Crippen molar-refractivity contribution in [2.45, 2.75) is 33.2 Å². The van der Waals surface area contributed by atoms with Crippen LogP contribution < -0.4 is 5.32 Å². The molecule has 1 aliphatic rings. The van der Waals surface area contributed by atoms with E-state index in [2.05, 4.69) is 24.4 Å². The zero-order valence-corrected chi connectivity index (χ0v) is 21.8. The molecule has 0 radical (unpaired) electrons. The molecule has 0 unspecified atom stereocenters. The maximum Gasteiger partial charge on any atom is 0.410 e. The van der Waals surface area contributed by atoms with Crippen molar-refractivity contribution in [2.24, 2.45) is 4.99 Å². The number of benzene rings is 3. The maximum absolute atomic E-state index is 13.7. The van der Waals surface area contributed by atoms with Crippen LogP contribution in [0.25, 0.3) is 10.8 Å². The lowest BCUT2D eigenvalue weighted by Crippen LogP contribution is -2.36. The minimum Gasteiger partial charge on any atom is -0.450 e. The Kier molecular flexibility index (Phi) is 7.32.